The highest BCUT2D eigenvalue weighted by Crippen LogP contribution is 2.11. The maximum Gasteiger partial charge on any atom is 0.0746 e. The van der Waals surface area contributed by atoms with Crippen molar-refractivity contribution in [2.24, 2.45) is 5.92 Å². The zero-order chi connectivity index (χ0) is 8.10. The van der Waals surface area contributed by atoms with Crippen molar-refractivity contribution in [1.82, 2.24) is 8.75 Å². The van der Waals surface area contributed by atoms with Gasteiger partial charge < -0.3 is 0 Å². The predicted molar refractivity (Wildman–Crippen MR) is 54.7 cm³/mol. The number of nitrogens with zero attached hydrogens (tertiary/aromatic N) is 2. The molecule has 11 heavy (non-hydrogen) atoms. The van der Waals surface area contributed by atoms with E-state index in [0.29, 0.717) is 5.92 Å². The lowest BCUT2D eigenvalue weighted by molar-refractivity contribution is 0.670. The van der Waals surface area contributed by atoms with Crippen LogP contribution in [0.2, 0.25) is 0 Å². The van der Waals surface area contributed by atoms with Gasteiger partial charge in [-0.05, 0) is 12.3 Å². The van der Waals surface area contributed by atoms with E-state index >= 15 is 0 Å². The third-order valence-electron chi connectivity index (χ3n) is 1.34. The molecule has 0 amide bonds. The summed E-state index contributed by atoms with van der Waals surface area (Å²) in [6, 6.07) is 0. The van der Waals surface area contributed by atoms with Crippen molar-refractivity contribution in [3.63, 3.8) is 0 Å². The second-order valence-electron chi connectivity index (χ2n) is 2.28. The zero-order valence-corrected chi connectivity index (χ0v) is 9.82. The van der Waals surface area contributed by atoms with Crippen molar-refractivity contribution in [3.05, 3.63) is 11.9 Å². The van der Waals surface area contributed by atoms with E-state index < -0.39 is 0 Å². The number of aromatic nitrogens is 2. The molecule has 0 saturated heterocycles. The van der Waals surface area contributed by atoms with Crippen LogP contribution in [0, 0.1) is 5.92 Å². The quantitative estimate of drug-likeness (QED) is 0.798. The Hall–Kier alpha value is 0.520. The van der Waals surface area contributed by atoms with Crippen LogP contribution in [-0.2, 0) is 6.42 Å². The van der Waals surface area contributed by atoms with Gasteiger partial charge >= 0.3 is 0 Å². The fourth-order valence-electron chi connectivity index (χ4n) is 0.720. The van der Waals surface area contributed by atoms with Gasteiger partial charge in [0.15, 0.2) is 0 Å². The molecule has 1 aromatic heterocycles. The minimum absolute atomic E-state index is 0.624. The molecule has 2 nitrogen and oxygen atoms in total. The maximum absolute atomic E-state index is 4.14. The molecule has 0 aromatic carbocycles. The van der Waals surface area contributed by atoms with E-state index in [1.807, 2.05) is 6.20 Å². The fourth-order valence-corrected chi connectivity index (χ4v) is 2.69. The number of alkyl halides is 2. The van der Waals surface area contributed by atoms with Crippen molar-refractivity contribution in [3.8, 4) is 0 Å². The van der Waals surface area contributed by atoms with Crippen LogP contribution in [0.15, 0.2) is 6.20 Å². The molecule has 0 N–H and O–H groups in total. The van der Waals surface area contributed by atoms with E-state index in [2.05, 4.69) is 40.6 Å². The van der Waals surface area contributed by atoms with E-state index in [4.69, 9.17) is 0 Å². The second kappa shape index (κ2) is 5.22. The molecule has 1 aromatic rings. The van der Waals surface area contributed by atoms with Crippen LogP contribution < -0.4 is 0 Å². The Morgan fingerprint density at radius 2 is 2.18 bits per heavy atom. The van der Waals surface area contributed by atoms with Crippen LogP contribution in [0.5, 0.6) is 0 Å². The summed E-state index contributed by atoms with van der Waals surface area (Å²) in [7, 11) is 0. The topological polar surface area (TPSA) is 25.8 Å². The molecule has 62 valence electrons. The SMILES string of the molecule is BrCC(CBr)Cc1cnsn1. The van der Waals surface area contributed by atoms with Gasteiger partial charge in [0.05, 0.1) is 23.6 Å². The van der Waals surface area contributed by atoms with Gasteiger partial charge in [-0.15, -0.1) is 0 Å². The first-order valence-electron chi connectivity index (χ1n) is 3.25. The van der Waals surface area contributed by atoms with Crippen molar-refractivity contribution >= 4 is 43.6 Å². The largest absolute Gasteiger partial charge is 0.181 e. The van der Waals surface area contributed by atoms with Crippen molar-refractivity contribution in [2.45, 2.75) is 6.42 Å². The molecule has 0 fully saturated rings. The molecule has 0 bridgehead atoms. The van der Waals surface area contributed by atoms with E-state index in [9.17, 15) is 0 Å². The Kier molecular flexibility index (Phi) is 4.56. The molecule has 0 radical (unpaired) electrons. The summed E-state index contributed by atoms with van der Waals surface area (Å²) in [4.78, 5) is 0. The minimum atomic E-state index is 0.624. The van der Waals surface area contributed by atoms with E-state index in [-0.39, 0.29) is 0 Å². The standard InChI is InChI=1S/C6H8Br2N2S/c7-2-5(3-8)1-6-4-9-11-10-6/h4-5H,1-3H2. The Balaban J connectivity index is 2.41. The summed E-state index contributed by atoms with van der Waals surface area (Å²) in [5.41, 5.74) is 1.10. The van der Waals surface area contributed by atoms with E-state index in [1.165, 1.54) is 11.7 Å². The molecule has 0 atom stereocenters. The van der Waals surface area contributed by atoms with Gasteiger partial charge in [0.25, 0.3) is 0 Å². The Bertz CT molecular complexity index is 186. The lowest BCUT2D eigenvalue weighted by Gasteiger charge is -2.06. The van der Waals surface area contributed by atoms with Gasteiger partial charge in [-0.1, -0.05) is 31.9 Å². The third-order valence-corrected chi connectivity index (χ3v) is 3.69. The molecule has 1 rings (SSSR count). The normalized spacial score (nSPS) is 10.8. The molecule has 0 spiro atoms. The molecular formula is C6H8Br2N2S. The first-order chi connectivity index (χ1) is 5.36. The van der Waals surface area contributed by atoms with Crippen molar-refractivity contribution < 1.29 is 0 Å². The van der Waals surface area contributed by atoms with E-state index in [1.54, 1.807) is 0 Å². The first kappa shape index (κ1) is 9.61. The predicted octanol–water partition coefficient (Wildman–Crippen LogP) is 2.49. The highest BCUT2D eigenvalue weighted by Gasteiger charge is 2.07. The highest BCUT2D eigenvalue weighted by molar-refractivity contribution is 9.09. The molecule has 0 aliphatic heterocycles. The molecule has 0 unspecified atom stereocenters. The van der Waals surface area contributed by atoms with Gasteiger partial charge in [0.2, 0.25) is 0 Å². The third kappa shape index (κ3) is 3.17. The van der Waals surface area contributed by atoms with Gasteiger partial charge in [0.1, 0.15) is 0 Å². The Morgan fingerprint density at radius 3 is 2.64 bits per heavy atom. The van der Waals surface area contributed by atoms with Crippen molar-refractivity contribution in [2.75, 3.05) is 10.7 Å². The molecular weight excluding hydrogens is 292 g/mol. The second-order valence-corrected chi connectivity index (χ2v) is 4.13. The van der Waals surface area contributed by atoms with Crippen LogP contribution in [-0.4, -0.2) is 19.4 Å². The van der Waals surface area contributed by atoms with Gasteiger partial charge in [-0.2, -0.15) is 8.75 Å². The van der Waals surface area contributed by atoms with Crippen LogP contribution in [0.25, 0.3) is 0 Å². The Labute approximate surface area is 87.0 Å². The number of halogens is 2. The molecule has 1 heterocycles. The first-order valence-corrected chi connectivity index (χ1v) is 6.22. The summed E-state index contributed by atoms with van der Waals surface area (Å²) in [5.74, 6) is 0.624. The average molecular weight is 300 g/mol. The number of rotatable bonds is 4. The molecule has 0 aliphatic carbocycles. The van der Waals surface area contributed by atoms with Crippen LogP contribution in [0.3, 0.4) is 0 Å². The molecule has 0 saturated carbocycles. The van der Waals surface area contributed by atoms with E-state index in [0.717, 1.165) is 22.8 Å². The summed E-state index contributed by atoms with van der Waals surface area (Å²) in [5, 5.41) is 2.02. The summed E-state index contributed by atoms with van der Waals surface area (Å²) >= 11 is 8.17. The van der Waals surface area contributed by atoms with Crippen LogP contribution in [0.1, 0.15) is 5.69 Å². The highest BCUT2D eigenvalue weighted by atomic mass is 79.9. The van der Waals surface area contributed by atoms with Crippen LogP contribution in [0.4, 0.5) is 0 Å². The summed E-state index contributed by atoms with van der Waals surface area (Å²) in [6.07, 6.45) is 2.84. The molecule has 0 aliphatic rings. The smallest absolute Gasteiger partial charge is 0.0746 e. The Morgan fingerprint density at radius 1 is 1.45 bits per heavy atom. The monoisotopic (exact) mass is 298 g/mol. The molecule has 5 heteroatoms. The summed E-state index contributed by atoms with van der Waals surface area (Å²) in [6.45, 7) is 0. The lowest BCUT2D eigenvalue weighted by Crippen LogP contribution is -2.07. The van der Waals surface area contributed by atoms with Crippen LogP contribution >= 0.6 is 43.6 Å². The van der Waals surface area contributed by atoms with Gasteiger partial charge in [-0.3, -0.25) is 0 Å². The average Bonchev–Trinajstić information content (AvgIpc) is 2.52. The summed E-state index contributed by atoms with van der Waals surface area (Å²) < 4.78 is 8.08. The maximum atomic E-state index is 4.14. The number of hydrogen-bond acceptors (Lipinski definition) is 3. The fraction of sp³-hybridized carbons (Fsp3) is 0.667. The van der Waals surface area contributed by atoms with Gasteiger partial charge in [0, 0.05) is 10.7 Å². The van der Waals surface area contributed by atoms with Gasteiger partial charge in [-0.25, -0.2) is 0 Å². The lowest BCUT2D eigenvalue weighted by atomic mass is 10.1. The zero-order valence-electron chi connectivity index (χ0n) is 5.83. The van der Waals surface area contributed by atoms with Crippen molar-refractivity contribution in [1.29, 1.82) is 0 Å². The number of hydrogen-bond donors (Lipinski definition) is 0. The minimum Gasteiger partial charge on any atom is -0.181 e.